The van der Waals surface area contributed by atoms with Crippen LogP contribution in [-0.2, 0) is 0 Å². The Bertz CT molecular complexity index is 408. The molecular formula is C18H26O. The van der Waals surface area contributed by atoms with Gasteiger partial charge in [-0.2, -0.15) is 0 Å². The van der Waals surface area contributed by atoms with E-state index in [1.165, 1.54) is 50.5 Å². The summed E-state index contributed by atoms with van der Waals surface area (Å²) >= 11 is 0. The number of fused-ring (bicyclic) bond motifs is 1. The average molecular weight is 258 g/mol. The van der Waals surface area contributed by atoms with Crippen molar-refractivity contribution in [1.29, 1.82) is 0 Å². The van der Waals surface area contributed by atoms with Crippen LogP contribution in [0.4, 0.5) is 0 Å². The number of aliphatic hydroxyl groups excluding tert-OH is 1. The molecule has 0 bridgehead atoms. The zero-order valence-corrected chi connectivity index (χ0v) is 12.0. The lowest BCUT2D eigenvalue weighted by Crippen LogP contribution is -2.30. The van der Waals surface area contributed by atoms with E-state index in [4.69, 9.17) is 0 Å². The second kappa shape index (κ2) is 5.66. The Morgan fingerprint density at radius 1 is 0.947 bits per heavy atom. The quantitative estimate of drug-likeness (QED) is 0.819. The van der Waals surface area contributed by atoms with E-state index < -0.39 is 0 Å². The maximum atomic E-state index is 10.6. The zero-order valence-electron chi connectivity index (χ0n) is 12.0. The van der Waals surface area contributed by atoms with Gasteiger partial charge in [0.2, 0.25) is 0 Å². The monoisotopic (exact) mass is 258 g/mol. The number of aliphatic hydroxyl groups is 1. The second-order valence-electron chi connectivity index (χ2n) is 6.73. The number of hydrogen-bond acceptors (Lipinski definition) is 1. The summed E-state index contributed by atoms with van der Waals surface area (Å²) in [5.74, 6) is 2.35. The molecule has 1 aromatic carbocycles. The van der Waals surface area contributed by atoms with E-state index in [1.807, 2.05) is 0 Å². The smallest absolute Gasteiger partial charge is 0.0818 e. The van der Waals surface area contributed by atoms with Crippen LogP contribution in [0.25, 0.3) is 0 Å². The van der Waals surface area contributed by atoms with Gasteiger partial charge in [0.05, 0.1) is 6.10 Å². The highest BCUT2D eigenvalue weighted by Gasteiger charge is 2.35. The topological polar surface area (TPSA) is 20.2 Å². The van der Waals surface area contributed by atoms with Crippen LogP contribution < -0.4 is 0 Å². The highest BCUT2D eigenvalue weighted by molar-refractivity contribution is 5.23. The van der Waals surface area contributed by atoms with Gasteiger partial charge < -0.3 is 5.11 Å². The molecule has 3 rings (SSSR count). The van der Waals surface area contributed by atoms with Gasteiger partial charge in [0.25, 0.3) is 0 Å². The van der Waals surface area contributed by atoms with Crippen molar-refractivity contribution in [3.63, 3.8) is 0 Å². The van der Waals surface area contributed by atoms with E-state index in [-0.39, 0.29) is 6.10 Å². The van der Waals surface area contributed by atoms with Crippen LogP contribution in [0.2, 0.25) is 0 Å². The Morgan fingerprint density at radius 3 is 2.37 bits per heavy atom. The molecule has 1 nitrogen and oxygen atoms in total. The highest BCUT2D eigenvalue weighted by atomic mass is 16.3. The van der Waals surface area contributed by atoms with Gasteiger partial charge in [0, 0.05) is 0 Å². The molecule has 1 heteroatoms. The number of hydrogen-bond donors (Lipinski definition) is 1. The summed E-state index contributed by atoms with van der Waals surface area (Å²) in [6, 6.07) is 8.44. The van der Waals surface area contributed by atoms with Gasteiger partial charge in [0.15, 0.2) is 0 Å². The van der Waals surface area contributed by atoms with Crippen LogP contribution in [0.3, 0.4) is 0 Å². The average Bonchev–Trinajstić information content (AvgIpc) is 2.47. The van der Waals surface area contributed by atoms with Crippen LogP contribution in [0.5, 0.6) is 0 Å². The van der Waals surface area contributed by atoms with E-state index in [0.717, 1.165) is 17.4 Å². The van der Waals surface area contributed by atoms with Crippen LogP contribution in [0.1, 0.15) is 62.2 Å². The molecule has 0 aliphatic heterocycles. The third kappa shape index (κ3) is 2.86. The van der Waals surface area contributed by atoms with Crippen LogP contribution >= 0.6 is 0 Å². The minimum absolute atomic E-state index is 0.247. The van der Waals surface area contributed by atoms with Crippen molar-refractivity contribution in [2.45, 2.75) is 58.0 Å². The molecule has 1 N–H and O–H groups in total. The first-order valence-corrected chi connectivity index (χ1v) is 7.98. The van der Waals surface area contributed by atoms with E-state index in [2.05, 4.69) is 31.2 Å². The number of rotatable bonds is 2. The van der Waals surface area contributed by atoms with Gasteiger partial charge >= 0.3 is 0 Å². The highest BCUT2D eigenvalue weighted by Crippen LogP contribution is 2.46. The molecule has 0 radical (unpaired) electrons. The zero-order chi connectivity index (χ0) is 13.2. The second-order valence-corrected chi connectivity index (χ2v) is 6.73. The molecule has 104 valence electrons. The number of benzene rings is 1. The fraction of sp³-hybridized carbons (Fsp3) is 0.667. The minimum atomic E-state index is -0.247. The fourth-order valence-corrected chi connectivity index (χ4v) is 4.23. The normalized spacial score (nSPS) is 32.6. The molecule has 2 saturated carbocycles. The predicted molar refractivity (Wildman–Crippen MR) is 78.9 cm³/mol. The van der Waals surface area contributed by atoms with Gasteiger partial charge in [0.1, 0.15) is 0 Å². The van der Waals surface area contributed by atoms with Crippen molar-refractivity contribution < 1.29 is 5.11 Å². The predicted octanol–water partition coefficient (Wildman–Crippen LogP) is 4.63. The molecule has 0 amide bonds. The molecule has 0 saturated heterocycles. The van der Waals surface area contributed by atoms with Crippen molar-refractivity contribution in [3.8, 4) is 0 Å². The van der Waals surface area contributed by atoms with Crippen LogP contribution in [-0.4, -0.2) is 5.11 Å². The van der Waals surface area contributed by atoms with E-state index in [1.54, 1.807) is 0 Å². The Hall–Kier alpha value is -0.820. The summed E-state index contributed by atoms with van der Waals surface area (Å²) in [6.07, 6.45) is 9.26. The largest absolute Gasteiger partial charge is 0.388 e. The maximum absolute atomic E-state index is 10.6. The third-order valence-corrected chi connectivity index (χ3v) is 5.45. The van der Waals surface area contributed by atoms with E-state index in [9.17, 15) is 5.11 Å². The summed E-state index contributed by atoms with van der Waals surface area (Å²) in [5, 5.41) is 10.6. The number of aryl methyl sites for hydroxylation is 1. The lowest BCUT2D eigenvalue weighted by Gasteiger charge is -2.40. The Balaban J connectivity index is 1.67. The molecule has 2 aliphatic rings. The maximum Gasteiger partial charge on any atom is 0.0818 e. The first-order valence-electron chi connectivity index (χ1n) is 7.98. The summed E-state index contributed by atoms with van der Waals surface area (Å²) in [4.78, 5) is 0. The Kier molecular flexibility index (Phi) is 3.93. The molecule has 4 unspecified atom stereocenters. The van der Waals surface area contributed by atoms with Crippen LogP contribution in [0, 0.1) is 24.7 Å². The lowest BCUT2D eigenvalue weighted by atomic mass is 9.66. The molecule has 2 aliphatic carbocycles. The third-order valence-electron chi connectivity index (χ3n) is 5.45. The van der Waals surface area contributed by atoms with Gasteiger partial charge in [-0.25, -0.2) is 0 Å². The molecule has 0 heterocycles. The summed E-state index contributed by atoms with van der Waals surface area (Å²) in [6.45, 7) is 2.10. The molecular weight excluding hydrogens is 232 g/mol. The minimum Gasteiger partial charge on any atom is -0.388 e. The van der Waals surface area contributed by atoms with Gasteiger partial charge in [-0.1, -0.05) is 55.5 Å². The van der Waals surface area contributed by atoms with Crippen molar-refractivity contribution >= 4 is 0 Å². The molecule has 2 fully saturated rings. The van der Waals surface area contributed by atoms with E-state index in [0.29, 0.717) is 5.92 Å². The Labute approximate surface area is 117 Å². The van der Waals surface area contributed by atoms with Gasteiger partial charge in [-0.3, -0.25) is 0 Å². The van der Waals surface area contributed by atoms with Crippen molar-refractivity contribution in [1.82, 2.24) is 0 Å². The molecule has 4 atom stereocenters. The summed E-state index contributed by atoms with van der Waals surface area (Å²) < 4.78 is 0. The van der Waals surface area contributed by atoms with E-state index >= 15 is 0 Å². The summed E-state index contributed by atoms with van der Waals surface area (Å²) in [5.41, 5.74) is 2.39. The standard InChI is InChI=1S/C18H26O/c1-13-6-8-15(9-7-13)18(19)17-11-10-14-4-2-3-5-16(14)12-17/h6-9,14,16-19H,2-5,10-12H2,1H3. The van der Waals surface area contributed by atoms with Crippen molar-refractivity contribution in [2.24, 2.45) is 17.8 Å². The first kappa shape index (κ1) is 13.2. The van der Waals surface area contributed by atoms with Gasteiger partial charge in [-0.05, 0) is 49.5 Å². The summed E-state index contributed by atoms with van der Waals surface area (Å²) in [7, 11) is 0. The van der Waals surface area contributed by atoms with Crippen LogP contribution in [0.15, 0.2) is 24.3 Å². The van der Waals surface area contributed by atoms with Crippen molar-refractivity contribution in [2.75, 3.05) is 0 Å². The van der Waals surface area contributed by atoms with Crippen molar-refractivity contribution in [3.05, 3.63) is 35.4 Å². The fourth-order valence-electron chi connectivity index (χ4n) is 4.23. The SMILES string of the molecule is Cc1ccc(C(O)C2CCC3CCCCC3C2)cc1. The van der Waals surface area contributed by atoms with Gasteiger partial charge in [-0.15, -0.1) is 0 Å². The lowest BCUT2D eigenvalue weighted by molar-refractivity contribution is 0.0349. The molecule has 1 aromatic rings. The molecule has 19 heavy (non-hydrogen) atoms. The molecule has 0 spiro atoms. The first-order chi connectivity index (χ1) is 9.24. The molecule has 0 aromatic heterocycles. The Morgan fingerprint density at radius 2 is 1.63 bits per heavy atom.